The Hall–Kier alpha value is -2.84. The van der Waals surface area contributed by atoms with Gasteiger partial charge in [-0.25, -0.2) is 12.8 Å². The van der Waals surface area contributed by atoms with E-state index >= 15 is 0 Å². The second-order valence-corrected chi connectivity index (χ2v) is 9.39. The summed E-state index contributed by atoms with van der Waals surface area (Å²) in [5.74, 6) is -1.22. The number of para-hydroxylation sites is 1. The summed E-state index contributed by atoms with van der Waals surface area (Å²) in [7, 11) is -3.81. The summed E-state index contributed by atoms with van der Waals surface area (Å²) in [6.07, 6.45) is 2.70. The first-order valence-corrected chi connectivity index (χ1v) is 11.2. The molecule has 0 spiro atoms. The number of fused-ring (bicyclic) bond motifs is 1. The number of sulfonamides is 1. The number of nitrogens with zero attached hydrogens (tertiary/aromatic N) is 2. The maximum atomic E-state index is 13.8. The molecule has 1 N–H and O–H groups in total. The zero-order chi connectivity index (χ0) is 21.3. The Kier molecular flexibility index (Phi) is 5.53. The maximum Gasteiger partial charge on any atom is 0.245 e. The molecule has 1 unspecified atom stereocenters. The molecule has 0 saturated carbocycles. The van der Waals surface area contributed by atoms with Gasteiger partial charge in [0.05, 0.1) is 11.4 Å². The number of nitrogens with one attached hydrogen (secondary N) is 1. The molecule has 1 amide bonds. The lowest BCUT2D eigenvalue weighted by Crippen LogP contribution is -2.43. The number of amides is 1. The van der Waals surface area contributed by atoms with Crippen molar-refractivity contribution >= 4 is 32.5 Å². The lowest BCUT2D eigenvalue weighted by molar-refractivity contribution is -0.120. The van der Waals surface area contributed by atoms with Crippen molar-refractivity contribution in [2.45, 2.75) is 24.7 Å². The van der Waals surface area contributed by atoms with E-state index in [1.165, 1.54) is 10.4 Å². The predicted octanol–water partition coefficient (Wildman–Crippen LogP) is 3.72. The van der Waals surface area contributed by atoms with Gasteiger partial charge >= 0.3 is 0 Å². The van der Waals surface area contributed by atoms with Crippen LogP contribution in [0.25, 0.3) is 10.9 Å². The van der Waals surface area contributed by atoms with Gasteiger partial charge in [0.1, 0.15) is 10.7 Å². The minimum absolute atomic E-state index is 0.0751. The van der Waals surface area contributed by atoms with Crippen LogP contribution in [0.15, 0.2) is 59.6 Å². The van der Waals surface area contributed by atoms with Crippen LogP contribution < -0.4 is 5.32 Å². The van der Waals surface area contributed by atoms with Crippen LogP contribution in [0.5, 0.6) is 0 Å². The highest BCUT2D eigenvalue weighted by Gasteiger charge is 2.34. The summed E-state index contributed by atoms with van der Waals surface area (Å²) in [6, 6.07) is 13.1. The molecule has 2 aromatic carbocycles. The number of carbonyl (C=O) groups excluding carboxylic acids is 1. The van der Waals surface area contributed by atoms with E-state index < -0.39 is 21.8 Å². The van der Waals surface area contributed by atoms with Gasteiger partial charge in [-0.3, -0.25) is 9.78 Å². The number of rotatable bonds is 4. The number of pyridine rings is 1. The predicted molar refractivity (Wildman–Crippen MR) is 113 cm³/mol. The van der Waals surface area contributed by atoms with E-state index in [0.717, 1.165) is 5.39 Å². The molecule has 1 aliphatic heterocycles. The smallest absolute Gasteiger partial charge is 0.245 e. The fourth-order valence-electron chi connectivity index (χ4n) is 3.71. The third-order valence-electron chi connectivity index (χ3n) is 5.41. The number of benzene rings is 2. The summed E-state index contributed by atoms with van der Waals surface area (Å²) < 4.78 is 41.7. The van der Waals surface area contributed by atoms with Crippen LogP contribution in [0, 0.1) is 18.7 Å². The van der Waals surface area contributed by atoms with Crippen molar-refractivity contribution in [1.29, 1.82) is 0 Å². The molecule has 2 heterocycles. The summed E-state index contributed by atoms with van der Waals surface area (Å²) in [5, 5.41) is 3.45. The SMILES string of the molecule is Cc1ccc(NC(=O)C2CCCN(S(=O)(=O)c3cccc4cccnc34)C2)cc1F. The molecule has 1 aromatic heterocycles. The van der Waals surface area contributed by atoms with Gasteiger partial charge in [-0.2, -0.15) is 4.31 Å². The van der Waals surface area contributed by atoms with Crippen LogP contribution >= 0.6 is 0 Å². The molecule has 3 aromatic rings. The van der Waals surface area contributed by atoms with Gasteiger partial charge in [0.25, 0.3) is 0 Å². The monoisotopic (exact) mass is 427 g/mol. The Morgan fingerprint density at radius 3 is 2.80 bits per heavy atom. The zero-order valence-electron chi connectivity index (χ0n) is 16.5. The van der Waals surface area contributed by atoms with E-state index in [4.69, 9.17) is 0 Å². The highest BCUT2D eigenvalue weighted by molar-refractivity contribution is 7.89. The van der Waals surface area contributed by atoms with E-state index in [2.05, 4.69) is 10.3 Å². The quantitative estimate of drug-likeness (QED) is 0.688. The standard InChI is InChI=1S/C22H22FN3O3S/c1-15-9-10-18(13-19(15)23)25-22(27)17-7-4-12-26(14-17)30(28,29)20-8-2-5-16-6-3-11-24-21(16)20/h2-3,5-6,8-11,13,17H,4,7,12,14H2,1H3,(H,25,27). The van der Waals surface area contributed by atoms with Gasteiger partial charge in [-0.05, 0) is 49.6 Å². The lowest BCUT2D eigenvalue weighted by atomic mass is 9.98. The Bertz CT molecular complexity index is 1210. The van der Waals surface area contributed by atoms with Crippen molar-refractivity contribution in [3.05, 3.63) is 66.1 Å². The minimum Gasteiger partial charge on any atom is -0.326 e. The van der Waals surface area contributed by atoms with Crippen molar-refractivity contribution in [1.82, 2.24) is 9.29 Å². The van der Waals surface area contributed by atoms with Crippen molar-refractivity contribution < 1.29 is 17.6 Å². The molecule has 1 atom stereocenters. The molecular weight excluding hydrogens is 405 g/mol. The largest absolute Gasteiger partial charge is 0.326 e. The van der Waals surface area contributed by atoms with Crippen LogP contribution in [0.2, 0.25) is 0 Å². The third kappa shape index (κ3) is 3.93. The van der Waals surface area contributed by atoms with Gasteiger partial charge in [-0.15, -0.1) is 0 Å². The Morgan fingerprint density at radius 2 is 2.00 bits per heavy atom. The average molecular weight is 428 g/mol. The van der Waals surface area contributed by atoms with E-state index in [0.29, 0.717) is 36.2 Å². The molecule has 8 heteroatoms. The van der Waals surface area contributed by atoms with Crippen molar-refractivity contribution in [2.24, 2.45) is 5.92 Å². The molecule has 156 valence electrons. The molecule has 0 radical (unpaired) electrons. The van der Waals surface area contributed by atoms with Gasteiger partial charge in [-0.1, -0.05) is 24.3 Å². The second kappa shape index (κ2) is 8.12. The van der Waals surface area contributed by atoms with E-state index in [1.807, 2.05) is 12.1 Å². The topological polar surface area (TPSA) is 79.4 Å². The van der Waals surface area contributed by atoms with Crippen LogP contribution in [-0.4, -0.2) is 36.7 Å². The number of aryl methyl sites for hydroxylation is 1. The van der Waals surface area contributed by atoms with E-state index in [-0.39, 0.29) is 17.3 Å². The molecule has 0 bridgehead atoms. The first-order valence-electron chi connectivity index (χ1n) is 9.77. The summed E-state index contributed by atoms with van der Waals surface area (Å²) in [4.78, 5) is 17.1. The normalized spacial score (nSPS) is 17.7. The Morgan fingerprint density at radius 1 is 1.20 bits per heavy atom. The highest BCUT2D eigenvalue weighted by atomic mass is 32.2. The summed E-state index contributed by atoms with van der Waals surface area (Å²) in [5.41, 5.74) is 1.27. The van der Waals surface area contributed by atoms with Gasteiger partial charge in [0, 0.05) is 30.4 Å². The lowest BCUT2D eigenvalue weighted by Gasteiger charge is -2.31. The van der Waals surface area contributed by atoms with Crippen LogP contribution in [0.4, 0.5) is 10.1 Å². The number of aromatic nitrogens is 1. The minimum atomic E-state index is -3.81. The molecule has 0 aliphatic carbocycles. The number of hydrogen-bond acceptors (Lipinski definition) is 4. The molecule has 1 fully saturated rings. The first-order chi connectivity index (χ1) is 14.4. The van der Waals surface area contributed by atoms with Gasteiger partial charge in [0.2, 0.25) is 15.9 Å². The van der Waals surface area contributed by atoms with Crippen molar-refractivity contribution in [2.75, 3.05) is 18.4 Å². The molecule has 1 aliphatic rings. The summed E-state index contributed by atoms with van der Waals surface area (Å²) >= 11 is 0. The van der Waals surface area contributed by atoms with Crippen LogP contribution in [-0.2, 0) is 14.8 Å². The second-order valence-electron chi connectivity index (χ2n) is 7.49. The number of piperidine rings is 1. The third-order valence-corrected chi connectivity index (χ3v) is 7.30. The molecule has 4 rings (SSSR count). The molecule has 6 nitrogen and oxygen atoms in total. The average Bonchev–Trinajstić information content (AvgIpc) is 2.76. The Balaban J connectivity index is 1.55. The van der Waals surface area contributed by atoms with E-state index in [9.17, 15) is 17.6 Å². The number of carbonyl (C=O) groups is 1. The molecule has 30 heavy (non-hydrogen) atoms. The van der Waals surface area contributed by atoms with E-state index in [1.54, 1.807) is 43.5 Å². The molecular formula is C22H22FN3O3S. The number of hydrogen-bond donors (Lipinski definition) is 1. The van der Waals surface area contributed by atoms with Crippen molar-refractivity contribution in [3.63, 3.8) is 0 Å². The fourth-order valence-corrected chi connectivity index (χ4v) is 5.40. The summed E-state index contributed by atoms with van der Waals surface area (Å²) in [6.45, 7) is 2.06. The fraction of sp³-hybridized carbons (Fsp3) is 0.273. The van der Waals surface area contributed by atoms with Crippen LogP contribution in [0.3, 0.4) is 0 Å². The molecule has 1 saturated heterocycles. The Labute approximate surface area is 174 Å². The van der Waals surface area contributed by atoms with Crippen molar-refractivity contribution in [3.8, 4) is 0 Å². The van der Waals surface area contributed by atoms with Gasteiger partial charge in [0.15, 0.2) is 0 Å². The zero-order valence-corrected chi connectivity index (χ0v) is 17.3. The number of halogens is 1. The maximum absolute atomic E-state index is 13.8. The highest BCUT2D eigenvalue weighted by Crippen LogP contribution is 2.28. The number of anilines is 1. The van der Waals surface area contributed by atoms with Gasteiger partial charge < -0.3 is 5.32 Å². The van der Waals surface area contributed by atoms with Crippen LogP contribution in [0.1, 0.15) is 18.4 Å². The first kappa shape index (κ1) is 20.4.